The van der Waals surface area contributed by atoms with Gasteiger partial charge in [0.25, 0.3) is 0 Å². The van der Waals surface area contributed by atoms with E-state index in [0.717, 1.165) is 26.1 Å². The number of likely N-dealkylation sites (tertiary alicyclic amines) is 1. The number of nitrogens with zero attached hydrogens (tertiary/aromatic N) is 1. The van der Waals surface area contributed by atoms with Crippen molar-refractivity contribution < 1.29 is 9.84 Å². The van der Waals surface area contributed by atoms with E-state index in [1.807, 2.05) is 0 Å². The first kappa shape index (κ1) is 13.3. The maximum Gasteiger partial charge on any atom is 0.0707 e. The molecule has 3 atom stereocenters. The summed E-state index contributed by atoms with van der Waals surface area (Å²) >= 11 is 0. The van der Waals surface area contributed by atoms with Crippen LogP contribution in [0.3, 0.4) is 0 Å². The number of nitrogens with one attached hydrogen (secondary N) is 1. The molecule has 0 aromatic heterocycles. The van der Waals surface area contributed by atoms with Gasteiger partial charge in [0.2, 0.25) is 0 Å². The summed E-state index contributed by atoms with van der Waals surface area (Å²) in [6, 6.07) is 0.670. The van der Waals surface area contributed by atoms with Crippen molar-refractivity contribution in [2.24, 2.45) is 0 Å². The van der Waals surface area contributed by atoms with Crippen LogP contribution in [0.25, 0.3) is 0 Å². The van der Waals surface area contributed by atoms with E-state index < -0.39 is 0 Å². The summed E-state index contributed by atoms with van der Waals surface area (Å²) in [5.74, 6) is 0. The molecule has 4 nitrogen and oxygen atoms in total. The number of hydrogen-bond donors (Lipinski definition) is 2. The van der Waals surface area contributed by atoms with Crippen LogP contribution in [0.1, 0.15) is 33.1 Å². The lowest BCUT2D eigenvalue weighted by Gasteiger charge is -2.33. The minimum atomic E-state index is 0.232. The molecule has 2 N–H and O–H groups in total. The first-order chi connectivity index (χ1) is 8.17. The second-order valence-electron chi connectivity index (χ2n) is 5.71. The van der Waals surface area contributed by atoms with Crippen molar-refractivity contribution in [2.45, 2.75) is 57.4 Å². The van der Waals surface area contributed by atoms with Crippen LogP contribution in [-0.2, 0) is 4.74 Å². The van der Waals surface area contributed by atoms with Gasteiger partial charge in [-0.25, -0.2) is 0 Å². The third-order valence-corrected chi connectivity index (χ3v) is 3.70. The summed E-state index contributed by atoms with van der Waals surface area (Å²) in [5.41, 5.74) is 0. The first-order valence-electron chi connectivity index (χ1n) is 6.92. The topological polar surface area (TPSA) is 44.7 Å². The third kappa shape index (κ3) is 3.91. The predicted molar refractivity (Wildman–Crippen MR) is 68.1 cm³/mol. The average Bonchev–Trinajstić information content (AvgIpc) is 2.63. The van der Waals surface area contributed by atoms with Gasteiger partial charge in [0, 0.05) is 25.2 Å². The van der Waals surface area contributed by atoms with Crippen LogP contribution in [0.2, 0.25) is 0 Å². The Bertz CT molecular complexity index is 223. The van der Waals surface area contributed by atoms with Gasteiger partial charge >= 0.3 is 0 Å². The fourth-order valence-electron chi connectivity index (χ4n) is 2.92. The molecule has 2 saturated heterocycles. The minimum Gasteiger partial charge on any atom is -0.395 e. The number of fused-ring (bicyclic) bond motifs is 2. The maximum atomic E-state index is 9.32. The normalized spacial score (nSPS) is 31.1. The molecule has 2 aliphatic rings. The first-order valence-corrected chi connectivity index (χ1v) is 6.92. The molecule has 0 aromatic rings. The van der Waals surface area contributed by atoms with E-state index in [1.54, 1.807) is 0 Å². The Morgan fingerprint density at radius 3 is 2.47 bits per heavy atom. The van der Waals surface area contributed by atoms with Crippen molar-refractivity contribution in [3.05, 3.63) is 0 Å². The number of aliphatic hydroxyl groups excluding tert-OH is 1. The lowest BCUT2D eigenvalue weighted by atomic mass is 10.1. The van der Waals surface area contributed by atoms with Gasteiger partial charge in [-0.05, 0) is 25.8 Å². The minimum absolute atomic E-state index is 0.232. The highest BCUT2D eigenvalue weighted by molar-refractivity contribution is 4.85. The van der Waals surface area contributed by atoms with Gasteiger partial charge in [0.05, 0.1) is 18.8 Å². The van der Waals surface area contributed by atoms with Gasteiger partial charge in [-0.15, -0.1) is 0 Å². The SMILES string of the molecule is CC(C)NC(CO)CCN1CC2CCC(C1)O2. The Morgan fingerprint density at radius 2 is 1.94 bits per heavy atom. The average molecular weight is 242 g/mol. The predicted octanol–water partition coefficient (Wildman–Crippen LogP) is 0.599. The Kier molecular flexibility index (Phi) is 4.79. The van der Waals surface area contributed by atoms with Crippen molar-refractivity contribution in [1.82, 2.24) is 10.2 Å². The summed E-state index contributed by atoms with van der Waals surface area (Å²) in [5, 5.41) is 12.7. The number of hydrogen-bond acceptors (Lipinski definition) is 4. The molecule has 2 fully saturated rings. The van der Waals surface area contributed by atoms with Gasteiger partial charge in [-0.1, -0.05) is 13.8 Å². The highest BCUT2D eigenvalue weighted by Gasteiger charge is 2.33. The van der Waals surface area contributed by atoms with Crippen LogP contribution >= 0.6 is 0 Å². The Hall–Kier alpha value is -0.160. The van der Waals surface area contributed by atoms with E-state index in [2.05, 4.69) is 24.1 Å². The highest BCUT2D eigenvalue weighted by Crippen LogP contribution is 2.26. The zero-order chi connectivity index (χ0) is 12.3. The molecule has 0 saturated carbocycles. The van der Waals surface area contributed by atoms with Crippen molar-refractivity contribution >= 4 is 0 Å². The second kappa shape index (κ2) is 6.14. The second-order valence-corrected chi connectivity index (χ2v) is 5.71. The molecular weight excluding hydrogens is 216 g/mol. The molecule has 100 valence electrons. The number of aliphatic hydroxyl groups is 1. The Morgan fingerprint density at radius 1 is 1.29 bits per heavy atom. The molecule has 2 bridgehead atoms. The lowest BCUT2D eigenvalue weighted by Crippen LogP contribution is -2.45. The molecule has 2 heterocycles. The molecule has 0 spiro atoms. The largest absolute Gasteiger partial charge is 0.395 e. The zero-order valence-electron chi connectivity index (χ0n) is 11.1. The van der Waals surface area contributed by atoms with Crippen molar-refractivity contribution in [1.29, 1.82) is 0 Å². The van der Waals surface area contributed by atoms with E-state index in [-0.39, 0.29) is 12.6 Å². The van der Waals surface area contributed by atoms with Gasteiger partial charge < -0.3 is 15.2 Å². The van der Waals surface area contributed by atoms with Crippen molar-refractivity contribution in [2.75, 3.05) is 26.2 Å². The van der Waals surface area contributed by atoms with E-state index in [4.69, 9.17) is 4.74 Å². The highest BCUT2D eigenvalue weighted by atomic mass is 16.5. The van der Waals surface area contributed by atoms with E-state index in [1.165, 1.54) is 12.8 Å². The van der Waals surface area contributed by atoms with Crippen molar-refractivity contribution in [3.8, 4) is 0 Å². The lowest BCUT2D eigenvalue weighted by molar-refractivity contribution is -0.0394. The van der Waals surface area contributed by atoms with Crippen LogP contribution in [0, 0.1) is 0 Å². The Labute approximate surface area is 104 Å². The van der Waals surface area contributed by atoms with Crippen LogP contribution in [0.5, 0.6) is 0 Å². The van der Waals surface area contributed by atoms with Gasteiger partial charge in [0.15, 0.2) is 0 Å². The fraction of sp³-hybridized carbons (Fsp3) is 1.00. The van der Waals surface area contributed by atoms with Crippen LogP contribution < -0.4 is 5.32 Å². The molecule has 0 amide bonds. The molecule has 0 aliphatic carbocycles. The number of rotatable bonds is 6. The fourth-order valence-corrected chi connectivity index (χ4v) is 2.92. The van der Waals surface area contributed by atoms with Crippen LogP contribution in [0.15, 0.2) is 0 Å². The van der Waals surface area contributed by atoms with Crippen LogP contribution in [-0.4, -0.2) is 60.5 Å². The molecular formula is C13H26N2O2. The summed E-state index contributed by atoms with van der Waals surface area (Å²) in [4.78, 5) is 2.50. The monoisotopic (exact) mass is 242 g/mol. The van der Waals surface area contributed by atoms with Gasteiger partial charge in [-0.2, -0.15) is 0 Å². The van der Waals surface area contributed by atoms with E-state index in [9.17, 15) is 5.11 Å². The van der Waals surface area contributed by atoms with E-state index >= 15 is 0 Å². The van der Waals surface area contributed by atoms with Crippen molar-refractivity contribution in [3.63, 3.8) is 0 Å². The molecule has 4 heteroatoms. The summed E-state index contributed by atoms with van der Waals surface area (Å²) < 4.78 is 5.82. The standard InChI is InChI=1S/C13H26N2O2/c1-10(2)14-11(9-16)5-6-15-7-12-3-4-13(8-15)17-12/h10-14,16H,3-9H2,1-2H3. The van der Waals surface area contributed by atoms with E-state index in [0.29, 0.717) is 18.2 Å². The number of morpholine rings is 1. The quantitative estimate of drug-likeness (QED) is 0.716. The molecule has 17 heavy (non-hydrogen) atoms. The van der Waals surface area contributed by atoms with Crippen LogP contribution in [0.4, 0.5) is 0 Å². The molecule has 0 radical (unpaired) electrons. The Balaban J connectivity index is 1.70. The molecule has 0 aromatic carbocycles. The molecule has 3 unspecified atom stereocenters. The molecule has 2 rings (SSSR count). The smallest absolute Gasteiger partial charge is 0.0707 e. The summed E-state index contributed by atoms with van der Waals surface area (Å²) in [6.07, 6.45) is 4.43. The van der Waals surface area contributed by atoms with Gasteiger partial charge in [0.1, 0.15) is 0 Å². The third-order valence-electron chi connectivity index (χ3n) is 3.70. The number of ether oxygens (including phenoxy) is 1. The zero-order valence-corrected chi connectivity index (χ0v) is 11.1. The maximum absolute atomic E-state index is 9.32. The molecule has 2 aliphatic heterocycles. The summed E-state index contributed by atoms with van der Waals surface area (Å²) in [6.45, 7) is 7.71. The summed E-state index contributed by atoms with van der Waals surface area (Å²) in [7, 11) is 0. The van der Waals surface area contributed by atoms with Gasteiger partial charge in [-0.3, -0.25) is 4.90 Å².